The summed E-state index contributed by atoms with van der Waals surface area (Å²) in [6.45, 7) is 7.24. The lowest BCUT2D eigenvalue weighted by Gasteiger charge is -2.16. The molecule has 114 valence electrons. The molecule has 1 aromatic carbocycles. The number of hydrogen-bond donors (Lipinski definition) is 1. The van der Waals surface area contributed by atoms with E-state index in [9.17, 15) is 4.39 Å². The van der Waals surface area contributed by atoms with E-state index in [1.807, 2.05) is 20.0 Å². The Morgan fingerprint density at radius 3 is 2.76 bits per heavy atom. The van der Waals surface area contributed by atoms with Crippen molar-refractivity contribution < 1.29 is 8.81 Å². The van der Waals surface area contributed by atoms with Crippen molar-refractivity contribution in [2.45, 2.75) is 33.5 Å². The van der Waals surface area contributed by atoms with Crippen molar-refractivity contribution in [1.29, 1.82) is 0 Å². The van der Waals surface area contributed by atoms with Gasteiger partial charge in [-0.2, -0.15) is 0 Å². The lowest BCUT2D eigenvalue weighted by molar-refractivity contribution is 0.315. The fraction of sp³-hybridized carbons (Fsp3) is 0.412. The van der Waals surface area contributed by atoms with Crippen LogP contribution in [0.25, 0.3) is 0 Å². The van der Waals surface area contributed by atoms with E-state index < -0.39 is 0 Å². The molecule has 0 atom stereocenters. The molecule has 0 aliphatic carbocycles. The molecule has 0 radical (unpaired) electrons. The molecule has 0 spiro atoms. The number of halogens is 1. The molecule has 0 saturated heterocycles. The van der Waals surface area contributed by atoms with Gasteiger partial charge in [-0.25, -0.2) is 4.39 Å². The van der Waals surface area contributed by atoms with Gasteiger partial charge in [-0.1, -0.05) is 19.1 Å². The Kier molecular flexibility index (Phi) is 5.53. The van der Waals surface area contributed by atoms with E-state index in [1.165, 1.54) is 11.6 Å². The smallest absolute Gasteiger partial charge is 0.123 e. The summed E-state index contributed by atoms with van der Waals surface area (Å²) in [6, 6.07) is 8.83. The van der Waals surface area contributed by atoms with Crippen molar-refractivity contribution in [3.63, 3.8) is 0 Å². The van der Waals surface area contributed by atoms with Crippen LogP contribution in [0.2, 0.25) is 0 Å². The molecule has 2 aromatic rings. The molecule has 21 heavy (non-hydrogen) atoms. The first-order valence-corrected chi connectivity index (χ1v) is 7.30. The molecular formula is C17H23FN2O. The van der Waals surface area contributed by atoms with Crippen molar-refractivity contribution in [2.75, 3.05) is 13.6 Å². The minimum absolute atomic E-state index is 0.187. The van der Waals surface area contributed by atoms with E-state index in [4.69, 9.17) is 4.42 Å². The van der Waals surface area contributed by atoms with Gasteiger partial charge >= 0.3 is 0 Å². The van der Waals surface area contributed by atoms with Gasteiger partial charge in [0, 0.05) is 18.7 Å². The Labute approximate surface area is 125 Å². The largest absolute Gasteiger partial charge is 0.465 e. The van der Waals surface area contributed by atoms with E-state index in [0.717, 1.165) is 36.7 Å². The third-order valence-corrected chi connectivity index (χ3v) is 3.40. The van der Waals surface area contributed by atoms with Crippen LogP contribution in [0.1, 0.15) is 29.6 Å². The van der Waals surface area contributed by atoms with Crippen LogP contribution in [0.15, 0.2) is 34.7 Å². The van der Waals surface area contributed by atoms with Gasteiger partial charge in [0.1, 0.15) is 17.3 Å². The first kappa shape index (κ1) is 15.7. The van der Waals surface area contributed by atoms with Gasteiger partial charge in [-0.05, 0) is 44.3 Å². The summed E-state index contributed by atoms with van der Waals surface area (Å²) in [5.74, 6) is 1.73. The van der Waals surface area contributed by atoms with Crippen molar-refractivity contribution in [1.82, 2.24) is 10.2 Å². The molecule has 0 unspecified atom stereocenters. The fourth-order valence-corrected chi connectivity index (χ4v) is 2.37. The Balaban J connectivity index is 1.96. The van der Waals surface area contributed by atoms with E-state index in [-0.39, 0.29) is 5.82 Å². The van der Waals surface area contributed by atoms with Crippen molar-refractivity contribution in [3.8, 4) is 0 Å². The summed E-state index contributed by atoms with van der Waals surface area (Å²) in [5.41, 5.74) is 2.16. The van der Waals surface area contributed by atoms with Crippen LogP contribution >= 0.6 is 0 Å². The first-order chi connectivity index (χ1) is 10.1. The van der Waals surface area contributed by atoms with Gasteiger partial charge in [-0.15, -0.1) is 0 Å². The van der Waals surface area contributed by atoms with Gasteiger partial charge in [0.15, 0.2) is 0 Å². The highest BCUT2D eigenvalue weighted by molar-refractivity contribution is 5.21. The molecule has 1 aromatic heterocycles. The molecule has 0 amide bonds. The summed E-state index contributed by atoms with van der Waals surface area (Å²) in [7, 11) is 2.03. The first-order valence-electron chi connectivity index (χ1n) is 7.30. The molecule has 0 fully saturated rings. The van der Waals surface area contributed by atoms with Gasteiger partial charge in [-0.3, -0.25) is 4.90 Å². The van der Waals surface area contributed by atoms with E-state index in [0.29, 0.717) is 6.54 Å². The standard InChI is InChI=1S/C17H23FN2O/c1-4-19-10-17-9-15(13(2)21-17)12-20(3)11-14-6-5-7-16(18)8-14/h5-9,19H,4,10-12H2,1-3H3. The highest BCUT2D eigenvalue weighted by Crippen LogP contribution is 2.17. The molecule has 0 aliphatic rings. The Morgan fingerprint density at radius 2 is 2.05 bits per heavy atom. The number of aryl methyl sites for hydroxylation is 1. The number of benzene rings is 1. The maximum atomic E-state index is 13.2. The van der Waals surface area contributed by atoms with Crippen LogP contribution in [-0.4, -0.2) is 18.5 Å². The molecule has 1 heterocycles. The molecule has 3 nitrogen and oxygen atoms in total. The summed E-state index contributed by atoms with van der Waals surface area (Å²) in [6.07, 6.45) is 0. The number of nitrogens with zero attached hydrogens (tertiary/aromatic N) is 1. The van der Waals surface area contributed by atoms with Gasteiger partial charge in [0.05, 0.1) is 6.54 Å². The van der Waals surface area contributed by atoms with E-state index in [2.05, 4.69) is 23.2 Å². The molecule has 0 saturated carbocycles. The SMILES string of the molecule is CCNCc1cc(CN(C)Cc2cccc(F)c2)c(C)o1. The lowest BCUT2D eigenvalue weighted by Crippen LogP contribution is -2.17. The molecular weight excluding hydrogens is 267 g/mol. The van der Waals surface area contributed by atoms with Crippen molar-refractivity contribution in [2.24, 2.45) is 0 Å². The summed E-state index contributed by atoms with van der Waals surface area (Å²) >= 11 is 0. The Morgan fingerprint density at radius 1 is 1.24 bits per heavy atom. The molecule has 1 N–H and O–H groups in total. The van der Waals surface area contributed by atoms with Crippen LogP contribution < -0.4 is 5.32 Å². The third-order valence-electron chi connectivity index (χ3n) is 3.40. The van der Waals surface area contributed by atoms with E-state index >= 15 is 0 Å². The number of nitrogens with one attached hydrogen (secondary N) is 1. The summed E-state index contributed by atoms with van der Waals surface area (Å²) < 4.78 is 18.9. The van der Waals surface area contributed by atoms with Crippen LogP contribution in [0.4, 0.5) is 4.39 Å². The van der Waals surface area contributed by atoms with Crippen LogP contribution in [0.5, 0.6) is 0 Å². The summed E-state index contributed by atoms with van der Waals surface area (Å²) in [4.78, 5) is 2.16. The molecule has 2 rings (SSSR count). The van der Waals surface area contributed by atoms with Gasteiger partial charge < -0.3 is 9.73 Å². The monoisotopic (exact) mass is 290 g/mol. The highest BCUT2D eigenvalue weighted by Gasteiger charge is 2.10. The molecule has 4 heteroatoms. The quantitative estimate of drug-likeness (QED) is 0.846. The minimum Gasteiger partial charge on any atom is -0.465 e. The summed E-state index contributed by atoms with van der Waals surface area (Å²) in [5, 5.41) is 3.26. The third kappa shape index (κ3) is 4.69. The van der Waals surface area contributed by atoms with Crippen molar-refractivity contribution >= 4 is 0 Å². The second-order valence-corrected chi connectivity index (χ2v) is 5.38. The zero-order chi connectivity index (χ0) is 15.2. The maximum absolute atomic E-state index is 13.2. The second-order valence-electron chi connectivity index (χ2n) is 5.38. The average molecular weight is 290 g/mol. The van der Waals surface area contributed by atoms with Crippen LogP contribution in [-0.2, 0) is 19.6 Å². The number of rotatable bonds is 7. The van der Waals surface area contributed by atoms with Crippen LogP contribution in [0.3, 0.4) is 0 Å². The zero-order valence-electron chi connectivity index (χ0n) is 12.9. The van der Waals surface area contributed by atoms with Gasteiger partial charge in [0.2, 0.25) is 0 Å². The fourth-order valence-electron chi connectivity index (χ4n) is 2.37. The Hall–Kier alpha value is -1.65. The lowest BCUT2D eigenvalue weighted by atomic mass is 10.2. The predicted octanol–water partition coefficient (Wildman–Crippen LogP) is 3.47. The maximum Gasteiger partial charge on any atom is 0.123 e. The number of hydrogen-bond acceptors (Lipinski definition) is 3. The van der Waals surface area contributed by atoms with Gasteiger partial charge in [0.25, 0.3) is 0 Å². The minimum atomic E-state index is -0.187. The predicted molar refractivity (Wildman–Crippen MR) is 82.4 cm³/mol. The highest BCUT2D eigenvalue weighted by atomic mass is 19.1. The Bertz CT molecular complexity index is 580. The average Bonchev–Trinajstić information content (AvgIpc) is 2.77. The normalized spacial score (nSPS) is 11.3. The molecule has 0 aliphatic heterocycles. The zero-order valence-corrected chi connectivity index (χ0v) is 12.9. The topological polar surface area (TPSA) is 28.4 Å². The second kappa shape index (κ2) is 7.38. The molecule has 0 bridgehead atoms. The van der Waals surface area contributed by atoms with Crippen molar-refractivity contribution in [3.05, 3.63) is 58.8 Å². The van der Waals surface area contributed by atoms with Crippen LogP contribution in [0, 0.1) is 12.7 Å². The van der Waals surface area contributed by atoms with E-state index in [1.54, 1.807) is 12.1 Å². The number of furan rings is 1.